The van der Waals surface area contributed by atoms with E-state index in [0.717, 1.165) is 19.3 Å². The lowest BCUT2D eigenvalue weighted by molar-refractivity contribution is -0.146. The van der Waals surface area contributed by atoms with E-state index in [1.54, 1.807) is 13.8 Å². The fourth-order valence-electron chi connectivity index (χ4n) is 2.54. The zero-order chi connectivity index (χ0) is 15.4. The van der Waals surface area contributed by atoms with Crippen molar-refractivity contribution in [2.75, 3.05) is 0 Å². The molecule has 1 saturated carbocycles. The number of amides is 2. The Balaban J connectivity index is 2.72. The molecule has 2 amide bonds. The first-order valence-corrected chi connectivity index (χ1v) is 7.06. The van der Waals surface area contributed by atoms with Gasteiger partial charge in [0.25, 0.3) is 0 Å². The molecule has 5 heteroatoms. The van der Waals surface area contributed by atoms with E-state index < -0.39 is 23.1 Å². The standard InChI is InChI=1S/C15H24N2O3/c1-5-11-7-9-15(10-8-11,12(18)19)17-13(20)16-14(3,4)6-2/h2,11H,5,7-10H2,1,3-4H3,(H,18,19)(H2,16,17,20). The van der Waals surface area contributed by atoms with Crippen molar-refractivity contribution >= 4 is 12.0 Å². The number of nitrogens with one attached hydrogen (secondary N) is 2. The maximum atomic E-state index is 12.0. The number of aliphatic carboxylic acids is 1. The second-order valence-corrected chi connectivity index (χ2v) is 6.09. The van der Waals surface area contributed by atoms with Gasteiger partial charge in [-0.1, -0.05) is 19.3 Å². The number of carbonyl (C=O) groups is 2. The maximum Gasteiger partial charge on any atom is 0.329 e. The topological polar surface area (TPSA) is 78.4 Å². The Morgan fingerprint density at radius 2 is 1.95 bits per heavy atom. The third-order valence-corrected chi connectivity index (χ3v) is 4.09. The van der Waals surface area contributed by atoms with Crippen LogP contribution in [0.5, 0.6) is 0 Å². The first-order valence-electron chi connectivity index (χ1n) is 7.06. The van der Waals surface area contributed by atoms with Crippen molar-refractivity contribution < 1.29 is 14.7 Å². The van der Waals surface area contributed by atoms with Crippen LogP contribution in [-0.4, -0.2) is 28.2 Å². The minimum Gasteiger partial charge on any atom is -0.480 e. The molecule has 0 heterocycles. The monoisotopic (exact) mass is 280 g/mol. The molecule has 0 saturated heterocycles. The van der Waals surface area contributed by atoms with E-state index in [4.69, 9.17) is 6.42 Å². The number of carboxylic acid groups (broad SMARTS) is 1. The predicted octanol–water partition coefficient (Wildman–Crippen LogP) is 2.12. The van der Waals surface area contributed by atoms with Crippen LogP contribution < -0.4 is 10.6 Å². The number of hydrogen-bond acceptors (Lipinski definition) is 2. The summed E-state index contributed by atoms with van der Waals surface area (Å²) >= 11 is 0. The second-order valence-electron chi connectivity index (χ2n) is 6.09. The smallest absolute Gasteiger partial charge is 0.329 e. The number of carbonyl (C=O) groups excluding carboxylic acids is 1. The lowest BCUT2D eigenvalue weighted by Gasteiger charge is -2.37. The van der Waals surface area contributed by atoms with Crippen LogP contribution in [0, 0.1) is 18.3 Å². The Kier molecular flexibility index (Phi) is 5.04. The molecule has 0 spiro atoms. The zero-order valence-electron chi connectivity index (χ0n) is 12.5. The molecule has 3 N–H and O–H groups in total. The van der Waals surface area contributed by atoms with Crippen LogP contribution in [0.15, 0.2) is 0 Å². The molecule has 5 nitrogen and oxygen atoms in total. The van der Waals surface area contributed by atoms with Gasteiger partial charge in [0.1, 0.15) is 5.54 Å². The molecule has 1 rings (SSSR count). The van der Waals surface area contributed by atoms with Crippen molar-refractivity contribution in [3.05, 3.63) is 0 Å². The van der Waals surface area contributed by atoms with Crippen LogP contribution >= 0.6 is 0 Å². The highest BCUT2D eigenvalue weighted by Gasteiger charge is 2.43. The second kappa shape index (κ2) is 6.17. The summed E-state index contributed by atoms with van der Waals surface area (Å²) in [4.78, 5) is 23.5. The summed E-state index contributed by atoms with van der Waals surface area (Å²) < 4.78 is 0. The quantitative estimate of drug-likeness (QED) is 0.690. The van der Waals surface area contributed by atoms with E-state index in [1.807, 2.05) is 0 Å². The van der Waals surface area contributed by atoms with Crippen molar-refractivity contribution in [3.8, 4) is 12.3 Å². The molecule has 0 unspecified atom stereocenters. The highest BCUT2D eigenvalue weighted by molar-refractivity contribution is 5.86. The third kappa shape index (κ3) is 3.89. The van der Waals surface area contributed by atoms with Crippen LogP contribution in [0.1, 0.15) is 52.9 Å². The van der Waals surface area contributed by atoms with Gasteiger partial charge >= 0.3 is 12.0 Å². The molecule has 0 atom stereocenters. The fourth-order valence-corrected chi connectivity index (χ4v) is 2.54. The Morgan fingerprint density at radius 3 is 2.35 bits per heavy atom. The number of urea groups is 1. The summed E-state index contributed by atoms with van der Waals surface area (Å²) in [7, 11) is 0. The van der Waals surface area contributed by atoms with Crippen molar-refractivity contribution in [2.45, 2.75) is 64.0 Å². The van der Waals surface area contributed by atoms with Crippen molar-refractivity contribution in [1.29, 1.82) is 0 Å². The van der Waals surface area contributed by atoms with Gasteiger partial charge in [-0.2, -0.15) is 0 Å². The lowest BCUT2D eigenvalue weighted by Crippen LogP contribution is -2.60. The molecule has 0 radical (unpaired) electrons. The lowest BCUT2D eigenvalue weighted by atomic mass is 9.75. The van der Waals surface area contributed by atoms with Crippen molar-refractivity contribution in [2.24, 2.45) is 5.92 Å². The summed E-state index contributed by atoms with van der Waals surface area (Å²) in [6, 6.07) is -0.523. The summed E-state index contributed by atoms with van der Waals surface area (Å²) in [6.07, 6.45) is 8.92. The molecule has 1 fully saturated rings. The van der Waals surface area contributed by atoms with Crippen molar-refractivity contribution in [3.63, 3.8) is 0 Å². The zero-order valence-corrected chi connectivity index (χ0v) is 12.5. The van der Waals surface area contributed by atoms with E-state index in [1.165, 1.54) is 0 Å². The highest BCUT2D eigenvalue weighted by atomic mass is 16.4. The Bertz CT molecular complexity index is 415. The summed E-state index contributed by atoms with van der Waals surface area (Å²) in [5.41, 5.74) is -1.97. The fraction of sp³-hybridized carbons (Fsp3) is 0.733. The van der Waals surface area contributed by atoms with Gasteiger partial charge in [0.05, 0.1) is 5.54 Å². The molecule has 0 aromatic carbocycles. The van der Waals surface area contributed by atoms with Crippen LogP contribution in [0.3, 0.4) is 0 Å². The van der Waals surface area contributed by atoms with Crippen LogP contribution in [0.4, 0.5) is 4.79 Å². The Labute approximate surface area is 120 Å². The third-order valence-electron chi connectivity index (χ3n) is 4.09. The minimum atomic E-state index is -1.17. The first-order chi connectivity index (χ1) is 9.24. The molecule has 0 aromatic heterocycles. The van der Waals surface area contributed by atoms with Gasteiger partial charge < -0.3 is 15.7 Å². The van der Waals surface area contributed by atoms with Gasteiger partial charge in [0.2, 0.25) is 0 Å². The largest absolute Gasteiger partial charge is 0.480 e. The molecular weight excluding hydrogens is 256 g/mol. The Hall–Kier alpha value is -1.70. The number of rotatable bonds is 4. The molecular formula is C15H24N2O3. The van der Waals surface area contributed by atoms with Crippen LogP contribution in [0.25, 0.3) is 0 Å². The molecule has 0 aromatic rings. The SMILES string of the molecule is C#CC(C)(C)NC(=O)NC1(C(=O)O)CCC(CC)CC1. The van der Waals surface area contributed by atoms with E-state index in [2.05, 4.69) is 23.5 Å². The molecule has 1 aliphatic rings. The van der Waals surface area contributed by atoms with E-state index in [-0.39, 0.29) is 0 Å². The van der Waals surface area contributed by atoms with Crippen molar-refractivity contribution in [1.82, 2.24) is 10.6 Å². The van der Waals surface area contributed by atoms with Crippen LogP contribution in [0.2, 0.25) is 0 Å². The van der Waals surface area contributed by atoms with Gasteiger partial charge in [-0.3, -0.25) is 0 Å². The van der Waals surface area contributed by atoms with Gasteiger partial charge in [0.15, 0.2) is 0 Å². The summed E-state index contributed by atoms with van der Waals surface area (Å²) in [5.74, 6) is 2.03. The predicted molar refractivity (Wildman–Crippen MR) is 77.2 cm³/mol. The van der Waals surface area contributed by atoms with Gasteiger partial charge in [-0.15, -0.1) is 6.42 Å². The maximum absolute atomic E-state index is 12.0. The van der Waals surface area contributed by atoms with Gasteiger partial charge in [0, 0.05) is 0 Å². The van der Waals surface area contributed by atoms with Crippen LogP contribution in [-0.2, 0) is 4.79 Å². The average Bonchev–Trinajstić information content (AvgIpc) is 2.38. The van der Waals surface area contributed by atoms with Gasteiger partial charge in [-0.05, 0) is 45.4 Å². The highest BCUT2D eigenvalue weighted by Crippen LogP contribution is 2.34. The molecule has 1 aliphatic carbocycles. The van der Waals surface area contributed by atoms with E-state index in [0.29, 0.717) is 18.8 Å². The van der Waals surface area contributed by atoms with E-state index >= 15 is 0 Å². The first kappa shape index (κ1) is 16.4. The van der Waals surface area contributed by atoms with E-state index in [9.17, 15) is 14.7 Å². The normalized spacial score (nSPS) is 26.4. The molecule has 0 bridgehead atoms. The molecule has 112 valence electrons. The number of terminal acetylenes is 1. The molecule has 20 heavy (non-hydrogen) atoms. The number of hydrogen-bond donors (Lipinski definition) is 3. The molecule has 0 aliphatic heterocycles. The van der Waals surface area contributed by atoms with Gasteiger partial charge in [-0.25, -0.2) is 9.59 Å². The minimum absolute atomic E-state index is 0.463. The summed E-state index contributed by atoms with van der Waals surface area (Å²) in [5, 5.41) is 14.7. The Morgan fingerprint density at radius 1 is 1.40 bits per heavy atom. The average molecular weight is 280 g/mol. The summed E-state index contributed by atoms with van der Waals surface area (Å²) in [6.45, 7) is 5.48. The number of carboxylic acids is 1.